The van der Waals surface area contributed by atoms with Gasteiger partial charge in [-0.2, -0.15) is 0 Å². The molecule has 5 heteroatoms. The quantitative estimate of drug-likeness (QED) is 0.496. The van der Waals surface area contributed by atoms with Gasteiger partial charge in [0.05, 0.1) is 6.54 Å². The summed E-state index contributed by atoms with van der Waals surface area (Å²) >= 11 is 0. The molecule has 0 fully saturated rings. The second-order valence-electron chi connectivity index (χ2n) is 4.38. The van der Waals surface area contributed by atoms with Crippen LogP contribution in [-0.2, 0) is 13.6 Å². The van der Waals surface area contributed by atoms with Gasteiger partial charge in [-0.1, -0.05) is 17.7 Å². The summed E-state index contributed by atoms with van der Waals surface area (Å²) in [7, 11) is 1.99. The topological polar surface area (TPSA) is 55.3 Å². The molecule has 102 valence electrons. The number of nitrogens with two attached hydrogens (primary N) is 1. The fourth-order valence-corrected chi connectivity index (χ4v) is 1.66. The van der Waals surface area contributed by atoms with E-state index in [1.54, 1.807) is 0 Å². The Morgan fingerprint density at radius 3 is 2.53 bits per heavy atom. The minimum absolute atomic E-state index is 0. The van der Waals surface area contributed by atoms with E-state index in [0.717, 1.165) is 11.3 Å². The first-order valence-electron chi connectivity index (χ1n) is 5.88. The van der Waals surface area contributed by atoms with E-state index in [0.29, 0.717) is 12.5 Å². The van der Waals surface area contributed by atoms with Gasteiger partial charge in [0.2, 0.25) is 0 Å². The van der Waals surface area contributed by atoms with Gasteiger partial charge in [-0.3, -0.25) is 0 Å². The Hall–Kier alpha value is -1.50. The molecule has 1 heterocycles. The summed E-state index contributed by atoms with van der Waals surface area (Å²) in [5, 5.41) is 3.07. The molecule has 3 N–H and O–H groups in total. The highest BCUT2D eigenvalue weighted by Crippen LogP contribution is 2.08. The van der Waals surface area contributed by atoms with Gasteiger partial charge in [0.1, 0.15) is 0 Å². The van der Waals surface area contributed by atoms with E-state index in [2.05, 4.69) is 17.2 Å². The van der Waals surface area contributed by atoms with Crippen LogP contribution in [0.15, 0.2) is 47.7 Å². The molecule has 0 radical (unpaired) electrons. The van der Waals surface area contributed by atoms with Crippen molar-refractivity contribution in [2.75, 3.05) is 5.32 Å². The van der Waals surface area contributed by atoms with E-state index < -0.39 is 0 Å². The lowest BCUT2D eigenvalue weighted by molar-refractivity contribution is 0.916. The zero-order valence-corrected chi connectivity index (χ0v) is 13.5. The van der Waals surface area contributed by atoms with Crippen molar-refractivity contribution in [1.29, 1.82) is 0 Å². The van der Waals surface area contributed by atoms with Crippen molar-refractivity contribution in [3.05, 3.63) is 53.9 Å². The van der Waals surface area contributed by atoms with Crippen molar-refractivity contribution in [1.82, 2.24) is 4.57 Å². The third-order valence-electron chi connectivity index (χ3n) is 2.65. The number of nitrogens with one attached hydrogen (secondary N) is 1. The Morgan fingerprint density at radius 2 is 1.95 bits per heavy atom. The maximum atomic E-state index is 5.83. The lowest BCUT2D eigenvalue weighted by Gasteiger charge is -2.05. The number of hydrogen-bond acceptors (Lipinski definition) is 1. The van der Waals surface area contributed by atoms with Crippen LogP contribution in [0.2, 0.25) is 0 Å². The van der Waals surface area contributed by atoms with Crippen LogP contribution in [-0.4, -0.2) is 10.5 Å². The Kier molecular flexibility index (Phi) is 5.88. The summed E-state index contributed by atoms with van der Waals surface area (Å²) in [6.07, 6.45) is 4.02. The average molecular weight is 370 g/mol. The molecule has 2 aromatic rings. The van der Waals surface area contributed by atoms with Crippen molar-refractivity contribution in [2.24, 2.45) is 17.8 Å². The van der Waals surface area contributed by atoms with E-state index in [4.69, 9.17) is 5.73 Å². The lowest BCUT2D eigenvalue weighted by atomic mass is 10.2. The summed E-state index contributed by atoms with van der Waals surface area (Å²) in [4.78, 5) is 4.30. The fraction of sp³-hybridized carbons (Fsp3) is 0.214. The minimum atomic E-state index is 0. The molecular weight excluding hydrogens is 351 g/mol. The number of benzene rings is 1. The monoisotopic (exact) mass is 370 g/mol. The summed E-state index contributed by atoms with van der Waals surface area (Å²) in [5.41, 5.74) is 9.15. The zero-order valence-electron chi connectivity index (χ0n) is 11.1. The molecule has 0 amide bonds. The molecule has 1 aromatic heterocycles. The van der Waals surface area contributed by atoms with Gasteiger partial charge in [-0.05, 0) is 30.7 Å². The van der Waals surface area contributed by atoms with E-state index >= 15 is 0 Å². The number of aromatic nitrogens is 1. The number of anilines is 1. The van der Waals surface area contributed by atoms with Crippen molar-refractivity contribution in [3.63, 3.8) is 0 Å². The second kappa shape index (κ2) is 7.18. The van der Waals surface area contributed by atoms with Crippen LogP contribution in [0.4, 0.5) is 5.69 Å². The summed E-state index contributed by atoms with van der Waals surface area (Å²) in [6, 6.07) is 10.1. The molecule has 19 heavy (non-hydrogen) atoms. The van der Waals surface area contributed by atoms with Crippen LogP contribution < -0.4 is 11.1 Å². The normalized spacial score (nSPS) is 10.9. The number of aryl methyl sites for hydroxylation is 2. The van der Waals surface area contributed by atoms with Crippen LogP contribution in [0.5, 0.6) is 0 Å². The molecule has 0 spiro atoms. The Labute approximate surface area is 130 Å². The number of halogens is 1. The van der Waals surface area contributed by atoms with Crippen LogP contribution in [0.25, 0.3) is 0 Å². The standard InChI is InChI=1S/C14H18N4.HI/c1-11-3-5-13(6-4-11)17-14(15)16-9-12-7-8-18(2)10-12;/h3-8,10H,9H2,1-2H3,(H3,15,16,17);1H. The van der Waals surface area contributed by atoms with E-state index in [1.807, 2.05) is 54.3 Å². The highest BCUT2D eigenvalue weighted by Gasteiger charge is 1.96. The molecule has 0 saturated heterocycles. The first-order chi connectivity index (χ1) is 8.63. The number of rotatable bonds is 3. The van der Waals surface area contributed by atoms with Crippen molar-refractivity contribution in [2.45, 2.75) is 13.5 Å². The van der Waals surface area contributed by atoms with Gasteiger partial charge in [-0.15, -0.1) is 24.0 Å². The number of nitrogens with zero attached hydrogens (tertiary/aromatic N) is 2. The third kappa shape index (κ3) is 4.94. The summed E-state index contributed by atoms with van der Waals surface area (Å²) in [6.45, 7) is 2.64. The van der Waals surface area contributed by atoms with E-state index in [9.17, 15) is 0 Å². The number of hydrogen-bond donors (Lipinski definition) is 2. The molecule has 0 aliphatic heterocycles. The molecule has 0 saturated carbocycles. The van der Waals surface area contributed by atoms with Crippen molar-refractivity contribution in [3.8, 4) is 0 Å². The van der Waals surface area contributed by atoms with Crippen molar-refractivity contribution >= 4 is 35.6 Å². The van der Waals surface area contributed by atoms with Gasteiger partial charge < -0.3 is 15.6 Å². The predicted octanol–water partition coefficient (Wildman–Crippen LogP) is 2.88. The third-order valence-corrected chi connectivity index (χ3v) is 2.65. The number of aliphatic imine (C=N–C) groups is 1. The van der Waals surface area contributed by atoms with Gasteiger partial charge in [0.25, 0.3) is 0 Å². The molecule has 4 nitrogen and oxygen atoms in total. The zero-order chi connectivity index (χ0) is 13.0. The first-order valence-corrected chi connectivity index (χ1v) is 5.88. The Balaban J connectivity index is 0.00000180. The minimum Gasteiger partial charge on any atom is -0.370 e. The van der Waals surface area contributed by atoms with Gasteiger partial charge in [0, 0.05) is 25.1 Å². The molecule has 1 aromatic carbocycles. The van der Waals surface area contributed by atoms with Crippen LogP contribution in [0.1, 0.15) is 11.1 Å². The first kappa shape index (κ1) is 15.6. The maximum Gasteiger partial charge on any atom is 0.193 e. The van der Waals surface area contributed by atoms with Gasteiger partial charge in [-0.25, -0.2) is 4.99 Å². The van der Waals surface area contributed by atoms with Gasteiger partial charge in [0.15, 0.2) is 5.96 Å². The van der Waals surface area contributed by atoms with Gasteiger partial charge >= 0.3 is 0 Å². The lowest BCUT2D eigenvalue weighted by Crippen LogP contribution is -2.22. The number of guanidine groups is 1. The smallest absolute Gasteiger partial charge is 0.193 e. The largest absolute Gasteiger partial charge is 0.370 e. The molecule has 2 rings (SSSR count). The fourth-order valence-electron chi connectivity index (χ4n) is 1.66. The highest BCUT2D eigenvalue weighted by atomic mass is 127. The van der Waals surface area contributed by atoms with Crippen molar-refractivity contribution < 1.29 is 0 Å². The summed E-state index contributed by atoms with van der Waals surface area (Å²) in [5.74, 6) is 0.433. The SMILES string of the molecule is Cc1ccc(NC(N)=NCc2ccn(C)c2)cc1.I. The summed E-state index contributed by atoms with van der Waals surface area (Å²) < 4.78 is 1.99. The maximum absolute atomic E-state index is 5.83. The molecule has 0 aliphatic carbocycles. The van der Waals surface area contributed by atoms with Crippen LogP contribution in [0.3, 0.4) is 0 Å². The Morgan fingerprint density at radius 1 is 1.26 bits per heavy atom. The highest BCUT2D eigenvalue weighted by molar-refractivity contribution is 14.0. The molecule has 0 bridgehead atoms. The van der Waals surface area contributed by atoms with E-state index in [1.165, 1.54) is 5.56 Å². The Bertz CT molecular complexity index is 543. The van der Waals surface area contributed by atoms with Crippen LogP contribution >= 0.6 is 24.0 Å². The predicted molar refractivity (Wildman–Crippen MR) is 91.0 cm³/mol. The molecule has 0 aliphatic rings. The molecular formula is C14H19IN4. The second-order valence-corrected chi connectivity index (χ2v) is 4.38. The van der Waals surface area contributed by atoms with E-state index in [-0.39, 0.29) is 24.0 Å². The van der Waals surface area contributed by atoms with Crippen LogP contribution in [0, 0.1) is 6.92 Å². The average Bonchev–Trinajstić information content (AvgIpc) is 2.76. The molecule has 0 unspecified atom stereocenters. The molecule has 0 atom stereocenters.